The predicted molar refractivity (Wildman–Crippen MR) is 190 cm³/mol. The minimum atomic E-state index is 0. The van der Waals surface area contributed by atoms with Crippen LogP contribution in [0.25, 0.3) is 0 Å². The van der Waals surface area contributed by atoms with Gasteiger partial charge in [-0.05, 0) is 53.6 Å². The molecule has 0 spiro atoms. The van der Waals surface area contributed by atoms with Crippen molar-refractivity contribution in [1.29, 1.82) is 0 Å². The first-order valence-corrected chi connectivity index (χ1v) is 17.3. The maximum atomic E-state index is 13.0. The average molecular weight is 676 g/mol. The Bertz CT molecular complexity index is 1090. The van der Waals surface area contributed by atoms with E-state index in [0.29, 0.717) is 19.6 Å². The van der Waals surface area contributed by atoms with Gasteiger partial charge in [-0.3, -0.25) is 4.79 Å². The van der Waals surface area contributed by atoms with E-state index in [4.69, 9.17) is 9.47 Å². The van der Waals surface area contributed by atoms with Gasteiger partial charge in [-0.25, -0.2) is 0 Å². The summed E-state index contributed by atoms with van der Waals surface area (Å²) < 4.78 is 11.8. The molecule has 0 atom stereocenters. The number of methoxy groups -OCH3 is 1. The normalized spacial score (nSPS) is 12.6. The number of anilines is 1. The number of carbonyl (C=O) groups excluding carboxylic acids is 1. The SMILES string of the molecule is Br.CCCCCCCCCCCCCCOc1cc(CN(C(=O)CC)c2ccc(CN3C=C(C)SC3)cc2)ccc1OC. The van der Waals surface area contributed by atoms with Gasteiger partial charge in [-0.15, -0.1) is 28.7 Å². The molecule has 240 valence electrons. The molecule has 0 saturated heterocycles. The van der Waals surface area contributed by atoms with Crippen LogP contribution in [0.3, 0.4) is 0 Å². The Kier molecular flexibility index (Phi) is 18.6. The molecule has 0 N–H and O–H groups in total. The largest absolute Gasteiger partial charge is 0.493 e. The molecule has 0 saturated carbocycles. The molecule has 0 aromatic heterocycles. The minimum absolute atomic E-state index is 0. The predicted octanol–water partition coefficient (Wildman–Crippen LogP) is 10.7. The Morgan fingerprint density at radius 3 is 2.00 bits per heavy atom. The van der Waals surface area contributed by atoms with E-state index in [0.717, 1.165) is 41.6 Å². The highest BCUT2D eigenvalue weighted by molar-refractivity contribution is 8.93. The van der Waals surface area contributed by atoms with Crippen LogP contribution in [0.2, 0.25) is 0 Å². The van der Waals surface area contributed by atoms with Crippen molar-refractivity contribution >= 4 is 40.3 Å². The molecule has 0 aliphatic carbocycles. The van der Waals surface area contributed by atoms with E-state index in [1.165, 1.54) is 81.1 Å². The molecule has 2 aromatic carbocycles. The lowest BCUT2D eigenvalue weighted by Gasteiger charge is -2.24. The van der Waals surface area contributed by atoms with Crippen LogP contribution < -0.4 is 14.4 Å². The van der Waals surface area contributed by atoms with E-state index in [2.05, 4.69) is 49.2 Å². The first-order chi connectivity index (χ1) is 20.5. The maximum Gasteiger partial charge on any atom is 0.227 e. The Hall–Kier alpha value is -2.12. The lowest BCUT2D eigenvalue weighted by atomic mass is 10.1. The highest BCUT2D eigenvalue weighted by Gasteiger charge is 2.17. The number of unbranched alkanes of at least 4 members (excludes halogenated alkanes) is 11. The first kappa shape index (κ1) is 37.1. The van der Waals surface area contributed by atoms with Crippen molar-refractivity contribution in [2.45, 2.75) is 117 Å². The number of carbonyl (C=O) groups is 1. The Morgan fingerprint density at radius 2 is 1.44 bits per heavy atom. The molecule has 7 heteroatoms. The van der Waals surface area contributed by atoms with Crippen LogP contribution in [0.4, 0.5) is 5.69 Å². The zero-order valence-corrected chi connectivity index (χ0v) is 29.6. The molecule has 0 unspecified atom stereocenters. The smallest absolute Gasteiger partial charge is 0.227 e. The van der Waals surface area contributed by atoms with Crippen molar-refractivity contribution in [3.05, 3.63) is 64.7 Å². The van der Waals surface area contributed by atoms with E-state index >= 15 is 0 Å². The van der Waals surface area contributed by atoms with Gasteiger partial charge in [0.1, 0.15) is 0 Å². The summed E-state index contributed by atoms with van der Waals surface area (Å²) in [7, 11) is 1.68. The fourth-order valence-corrected chi connectivity index (χ4v) is 6.14. The second-order valence-corrected chi connectivity index (χ2v) is 12.7. The first-order valence-electron chi connectivity index (χ1n) is 16.3. The second kappa shape index (κ2) is 21.6. The Balaban J connectivity index is 0.00000645. The molecule has 2 aromatic rings. The van der Waals surface area contributed by atoms with E-state index in [-0.39, 0.29) is 22.9 Å². The van der Waals surface area contributed by atoms with Crippen LogP contribution in [0.1, 0.15) is 115 Å². The van der Waals surface area contributed by atoms with Crippen molar-refractivity contribution < 1.29 is 14.3 Å². The lowest BCUT2D eigenvalue weighted by Crippen LogP contribution is -2.29. The Morgan fingerprint density at radius 1 is 0.837 bits per heavy atom. The number of amides is 1. The summed E-state index contributed by atoms with van der Waals surface area (Å²) in [4.78, 5) is 18.5. The number of halogens is 1. The molecular weight excluding hydrogens is 620 g/mol. The summed E-state index contributed by atoms with van der Waals surface area (Å²) in [5, 5.41) is 0. The van der Waals surface area contributed by atoms with Gasteiger partial charge in [0, 0.05) is 24.9 Å². The van der Waals surface area contributed by atoms with Gasteiger partial charge < -0.3 is 19.3 Å². The van der Waals surface area contributed by atoms with Gasteiger partial charge in [-0.2, -0.15) is 0 Å². The zero-order valence-electron chi connectivity index (χ0n) is 27.1. The number of ether oxygens (including phenoxy) is 2. The number of benzene rings is 2. The molecule has 1 heterocycles. The third-order valence-corrected chi connectivity index (χ3v) is 8.91. The zero-order chi connectivity index (χ0) is 30.0. The topological polar surface area (TPSA) is 42.0 Å². The van der Waals surface area contributed by atoms with Gasteiger partial charge in [0.2, 0.25) is 5.91 Å². The molecule has 5 nitrogen and oxygen atoms in total. The van der Waals surface area contributed by atoms with E-state index < -0.39 is 0 Å². The summed E-state index contributed by atoms with van der Waals surface area (Å²) >= 11 is 1.87. The highest BCUT2D eigenvalue weighted by Crippen LogP contribution is 2.31. The standard InChI is InChI=1S/C36H54N2O3S.BrH/c1-5-7-8-9-10-11-12-13-14-15-16-17-24-41-35-25-32(20-23-34(35)40-4)28-38(36(39)6-2)33-21-18-31(19-22-33)27-37-26-30(3)42-29-37;/h18-23,25-26H,5-17,24,27-29H2,1-4H3;1H. The number of rotatable bonds is 21. The van der Waals surface area contributed by atoms with Crippen LogP contribution >= 0.6 is 28.7 Å². The summed E-state index contributed by atoms with van der Waals surface area (Å²) in [5.41, 5.74) is 3.19. The summed E-state index contributed by atoms with van der Waals surface area (Å²) in [6.45, 7) is 8.40. The lowest BCUT2D eigenvalue weighted by molar-refractivity contribution is -0.118. The fraction of sp³-hybridized carbons (Fsp3) is 0.583. The highest BCUT2D eigenvalue weighted by atomic mass is 79.9. The van der Waals surface area contributed by atoms with Crippen molar-refractivity contribution in [3.8, 4) is 11.5 Å². The molecule has 0 bridgehead atoms. The van der Waals surface area contributed by atoms with Crippen LogP contribution in [-0.4, -0.2) is 30.4 Å². The van der Waals surface area contributed by atoms with Gasteiger partial charge in [0.05, 0.1) is 26.1 Å². The van der Waals surface area contributed by atoms with Crippen LogP contribution in [0.15, 0.2) is 53.6 Å². The minimum Gasteiger partial charge on any atom is -0.493 e. The van der Waals surface area contributed by atoms with Crippen LogP contribution in [0.5, 0.6) is 11.5 Å². The number of allylic oxidation sites excluding steroid dienone is 1. The Labute approximate surface area is 276 Å². The molecule has 3 rings (SSSR count). The molecule has 43 heavy (non-hydrogen) atoms. The van der Waals surface area contributed by atoms with Crippen molar-refractivity contribution in [1.82, 2.24) is 4.90 Å². The summed E-state index contributed by atoms with van der Waals surface area (Å²) in [6.07, 6.45) is 18.6. The quantitative estimate of drug-likeness (QED) is 0.123. The molecular formula is C36H55BrN2O3S. The number of nitrogens with zero attached hydrogens (tertiary/aromatic N) is 2. The van der Waals surface area contributed by atoms with Crippen molar-refractivity contribution in [2.75, 3.05) is 24.5 Å². The van der Waals surface area contributed by atoms with E-state index in [1.54, 1.807) is 7.11 Å². The molecule has 1 amide bonds. The van der Waals surface area contributed by atoms with Gasteiger partial charge in [-0.1, -0.05) is 103 Å². The van der Waals surface area contributed by atoms with Crippen LogP contribution in [-0.2, 0) is 17.9 Å². The van der Waals surface area contributed by atoms with Crippen molar-refractivity contribution in [2.24, 2.45) is 0 Å². The number of thioether (sulfide) groups is 1. The monoisotopic (exact) mass is 674 g/mol. The summed E-state index contributed by atoms with van der Waals surface area (Å²) in [6, 6.07) is 14.4. The molecule has 0 radical (unpaired) electrons. The van der Waals surface area contributed by atoms with Gasteiger partial charge in [0.25, 0.3) is 0 Å². The number of hydrogen-bond donors (Lipinski definition) is 0. The third-order valence-electron chi connectivity index (χ3n) is 7.88. The van der Waals surface area contributed by atoms with Crippen LogP contribution in [0, 0.1) is 0 Å². The van der Waals surface area contributed by atoms with Gasteiger partial charge in [0.15, 0.2) is 11.5 Å². The average Bonchev–Trinajstić information content (AvgIpc) is 3.42. The molecule has 1 aliphatic heterocycles. The van der Waals surface area contributed by atoms with Crippen molar-refractivity contribution in [3.63, 3.8) is 0 Å². The van der Waals surface area contributed by atoms with E-state index in [9.17, 15) is 4.79 Å². The van der Waals surface area contributed by atoms with Gasteiger partial charge >= 0.3 is 0 Å². The van der Waals surface area contributed by atoms with E-state index in [1.807, 2.05) is 41.8 Å². The second-order valence-electron chi connectivity index (χ2n) is 11.5. The summed E-state index contributed by atoms with van der Waals surface area (Å²) in [5.74, 6) is 2.59. The number of hydrogen-bond acceptors (Lipinski definition) is 5. The third kappa shape index (κ3) is 13.6. The molecule has 1 aliphatic rings. The maximum absolute atomic E-state index is 13.0. The molecule has 0 fully saturated rings. The fourth-order valence-electron chi connectivity index (χ4n) is 5.38.